The van der Waals surface area contributed by atoms with Gasteiger partial charge in [-0.05, 0) is 24.6 Å². The van der Waals surface area contributed by atoms with Gasteiger partial charge in [0, 0.05) is 19.5 Å². The number of anilines is 1. The molecular formula is C15H20N2O4S. The predicted octanol–water partition coefficient (Wildman–Crippen LogP) is 1.21. The second-order valence-electron chi connectivity index (χ2n) is 5.24. The van der Waals surface area contributed by atoms with Crippen molar-refractivity contribution in [3.05, 3.63) is 36.4 Å². The van der Waals surface area contributed by atoms with Crippen LogP contribution in [0.15, 0.2) is 30.9 Å². The van der Waals surface area contributed by atoms with Crippen LogP contribution in [0.3, 0.4) is 0 Å². The first-order valence-corrected chi connectivity index (χ1v) is 8.81. The maximum absolute atomic E-state index is 12.1. The highest BCUT2D eigenvalue weighted by molar-refractivity contribution is 7.92. The number of benzene rings is 1. The minimum Gasteiger partial charge on any atom is -0.478 e. The van der Waals surface area contributed by atoms with Gasteiger partial charge in [0.05, 0.1) is 11.9 Å². The number of amides is 1. The Bertz CT molecular complexity index is 685. The molecule has 22 heavy (non-hydrogen) atoms. The van der Waals surface area contributed by atoms with E-state index in [1.54, 1.807) is 18.2 Å². The number of hydrogen-bond donors (Lipinski definition) is 1. The summed E-state index contributed by atoms with van der Waals surface area (Å²) in [5, 5.41) is 2.68. The lowest BCUT2D eigenvalue weighted by molar-refractivity contribution is -0.127. The Balaban J connectivity index is 2.36. The van der Waals surface area contributed by atoms with Crippen LogP contribution in [0.1, 0.15) is 12.0 Å². The molecule has 0 saturated carbocycles. The predicted molar refractivity (Wildman–Crippen MR) is 85.6 cm³/mol. The van der Waals surface area contributed by atoms with Crippen LogP contribution in [-0.2, 0) is 14.8 Å². The minimum atomic E-state index is -3.44. The summed E-state index contributed by atoms with van der Waals surface area (Å²) in [4.78, 5) is 12.1. The van der Waals surface area contributed by atoms with E-state index >= 15 is 0 Å². The van der Waals surface area contributed by atoms with Gasteiger partial charge in [-0.25, -0.2) is 8.42 Å². The molecule has 1 unspecified atom stereocenters. The van der Waals surface area contributed by atoms with Crippen LogP contribution in [0.4, 0.5) is 5.69 Å². The zero-order valence-corrected chi connectivity index (χ0v) is 13.5. The molecule has 1 heterocycles. The number of sulfonamides is 1. The van der Waals surface area contributed by atoms with E-state index in [1.165, 1.54) is 4.31 Å². The summed E-state index contributed by atoms with van der Waals surface area (Å²) in [6.07, 6.45) is 2.28. The number of nitrogens with one attached hydrogen (secondary N) is 1. The van der Waals surface area contributed by atoms with Crippen LogP contribution in [0.5, 0.6) is 5.75 Å². The van der Waals surface area contributed by atoms with Crippen molar-refractivity contribution in [3.8, 4) is 5.75 Å². The highest BCUT2D eigenvalue weighted by Crippen LogP contribution is 2.34. The number of hydrogen-bond acceptors (Lipinski definition) is 4. The number of aryl methyl sites for hydroxylation is 1. The average molecular weight is 324 g/mol. The molecule has 1 atom stereocenters. The third-order valence-electron chi connectivity index (χ3n) is 3.36. The molecule has 2 rings (SSSR count). The van der Waals surface area contributed by atoms with Crippen LogP contribution in [0.25, 0.3) is 0 Å². The SMILES string of the molecule is C=CCNC(=O)C1CCN(S(C)(=O)=O)c2cc(C)ccc2O1. The number of nitrogens with zero attached hydrogens (tertiary/aromatic N) is 1. The van der Waals surface area contributed by atoms with Crippen molar-refractivity contribution in [3.63, 3.8) is 0 Å². The molecular weight excluding hydrogens is 304 g/mol. The maximum atomic E-state index is 12.1. The largest absolute Gasteiger partial charge is 0.478 e. The van der Waals surface area contributed by atoms with Gasteiger partial charge in [0.15, 0.2) is 6.10 Å². The van der Waals surface area contributed by atoms with Gasteiger partial charge in [-0.3, -0.25) is 9.10 Å². The Morgan fingerprint density at radius 3 is 2.91 bits per heavy atom. The molecule has 1 aromatic rings. The van der Waals surface area contributed by atoms with Crippen LogP contribution in [0.2, 0.25) is 0 Å². The van der Waals surface area contributed by atoms with Crippen LogP contribution in [-0.4, -0.2) is 39.8 Å². The Morgan fingerprint density at radius 2 is 2.27 bits per heavy atom. The first kappa shape index (κ1) is 16.4. The molecule has 1 N–H and O–H groups in total. The summed E-state index contributed by atoms with van der Waals surface area (Å²) >= 11 is 0. The molecule has 0 saturated heterocycles. The van der Waals surface area contributed by atoms with Gasteiger partial charge in [0.25, 0.3) is 5.91 Å². The second kappa shape index (κ2) is 6.39. The van der Waals surface area contributed by atoms with E-state index in [-0.39, 0.29) is 18.9 Å². The molecule has 0 radical (unpaired) electrons. The van der Waals surface area contributed by atoms with Gasteiger partial charge in [-0.15, -0.1) is 6.58 Å². The lowest BCUT2D eigenvalue weighted by Gasteiger charge is -2.21. The fraction of sp³-hybridized carbons (Fsp3) is 0.400. The van der Waals surface area contributed by atoms with Gasteiger partial charge in [-0.2, -0.15) is 0 Å². The topological polar surface area (TPSA) is 75.7 Å². The molecule has 1 aliphatic rings. The molecule has 0 aliphatic carbocycles. The van der Waals surface area contributed by atoms with Crippen molar-refractivity contribution in [1.82, 2.24) is 5.32 Å². The Hall–Kier alpha value is -2.02. The van der Waals surface area contributed by atoms with Gasteiger partial charge in [0.1, 0.15) is 5.75 Å². The summed E-state index contributed by atoms with van der Waals surface area (Å²) in [6.45, 7) is 5.96. The van der Waals surface area contributed by atoms with E-state index in [0.717, 1.165) is 11.8 Å². The molecule has 7 heteroatoms. The van der Waals surface area contributed by atoms with Crippen LogP contribution in [0, 0.1) is 6.92 Å². The molecule has 120 valence electrons. The van der Waals surface area contributed by atoms with Crippen LogP contribution < -0.4 is 14.4 Å². The molecule has 1 amide bonds. The van der Waals surface area contributed by atoms with E-state index in [0.29, 0.717) is 18.0 Å². The normalized spacial score (nSPS) is 17.9. The summed E-state index contributed by atoms with van der Waals surface area (Å²) < 4.78 is 31.1. The Kier molecular flexibility index (Phi) is 4.75. The summed E-state index contributed by atoms with van der Waals surface area (Å²) in [7, 11) is -3.44. The first-order valence-electron chi connectivity index (χ1n) is 6.96. The monoisotopic (exact) mass is 324 g/mol. The maximum Gasteiger partial charge on any atom is 0.261 e. The van der Waals surface area contributed by atoms with E-state index in [9.17, 15) is 13.2 Å². The minimum absolute atomic E-state index is 0.196. The smallest absolute Gasteiger partial charge is 0.261 e. The zero-order valence-electron chi connectivity index (χ0n) is 12.7. The van der Waals surface area contributed by atoms with Crippen molar-refractivity contribution < 1.29 is 17.9 Å². The summed E-state index contributed by atoms with van der Waals surface area (Å²) in [6, 6.07) is 5.27. The summed E-state index contributed by atoms with van der Waals surface area (Å²) in [5.41, 5.74) is 1.40. The molecule has 0 aromatic heterocycles. The fourth-order valence-corrected chi connectivity index (χ4v) is 3.24. The molecule has 1 aliphatic heterocycles. The third-order valence-corrected chi connectivity index (χ3v) is 4.54. The van der Waals surface area contributed by atoms with Gasteiger partial charge >= 0.3 is 0 Å². The zero-order chi connectivity index (χ0) is 16.3. The summed E-state index contributed by atoms with van der Waals surface area (Å²) in [5.74, 6) is 0.119. The van der Waals surface area contributed by atoms with Crippen molar-refractivity contribution >= 4 is 21.6 Å². The van der Waals surface area contributed by atoms with Crippen molar-refractivity contribution in [2.75, 3.05) is 23.7 Å². The Labute approximate surface area is 130 Å². The Morgan fingerprint density at radius 1 is 1.55 bits per heavy atom. The fourth-order valence-electron chi connectivity index (χ4n) is 2.30. The quantitative estimate of drug-likeness (QED) is 0.845. The lowest BCUT2D eigenvalue weighted by atomic mass is 10.2. The highest BCUT2D eigenvalue weighted by atomic mass is 32.2. The lowest BCUT2D eigenvalue weighted by Crippen LogP contribution is -2.39. The molecule has 0 bridgehead atoms. The van der Waals surface area contributed by atoms with Crippen molar-refractivity contribution in [1.29, 1.82) is 0 Å². The van der Waals surface area contributed by atoms with Gasteiger partial charge in [0.2, 0.25) is 10.0 Å². The molecule has 6 nitrogen and oxygen atoms in total. The number of fused-ring (bicyclic) bond motifs is 1. The average Bonchev–Trinajstić information content (AvgIpc) is 2.63. The van der Waals surface area contributed by atoms with Crippen molar-refractivity contribution in [2.45, 2.75) is 19.4 Å². The van der Waals surface area contributed by atoms with E-state index in [4.69, 9.17) is 4.74 Å². The molecule has 0 fully saturated rings. The van der Waals surface area contributed by atoms with Crippen molar-refractivity contribution in [2.24, 2.45) is 0 Å². The number of carbonyl (C=O) groups excluding carboxylic acids is 1. The van der Waals surface area contributed by atoms with E-state index < -0.39 is 16.1 Å². The molecule has 1 aromatic carbocycles. The van der Waals surface area contributed by atoms with Gasteiger partial charge < -0.3 is 10.1 Å². The van der Waals surface area contributed by atoms with Crippen LogP contribution >= 0.6 is 0 Å². The highest BCUT2D eigenvalue weighted by Gasteiger charge is 2.30. The van der Waals surface area contributed by atoms with E-state index in [1.807, 2.05) is 13.0 Å². The number of ether oxygens (including phenoxy) is 1. The number of carbonyl (C=O) groups is 1. The first-order chi connectivity index (χ1) is 10.3. The number of rotatable bonds is 4. The second-order valence-corrected chi connectivity index (χ2v) is 7.14. The molecule has 0 spiro atoms. The van der Waals surface area contributed by atoms with E-state index in [2.05, 4.69) is 11.9 Å². The standard InChI is InChI=1S/C15H20N2O4S/c1-4-8-16-15(18)14-7-9-17(22(3,19)20)12-10-11(2)5-6-13(12)21-14/h4-6,10,14H,1,7-9H2,2-3H3,(H,16,18). The third kappa shape index (κ3) is 3.59. The van der Waals surface area contributed by atoms with Gasteiger partial charge in [-0.1, -0.05) is 12.1 Å².